The molecule has 0 saturated carbocycles. The number of carbonyl (C=O) groups is 1. The summed E-state index contributed by atoms with van der Waals surface area (Å²) in [6.45, 7) is 3.54. The highest BCUT2D eigenvalue weighted by atomic mass is 16.5. The summed E-state index contributed by atoms with van der Waals surface area (Å²) in [4.78, 5) is 25.9. The number of hydrogen-bond acceptors (Lipinski definition) is 6. The first-order chi connectivity index (χ1) is 13.1. The SMILES string of the molecule is Cc1noc(C(C)NC(=O)c2cc(-c3ccncc3)nc3ccccc23)n1. The van der Waals surface area contributed by atoms with Gasteiger partial charge in [-0.2, -0.15) is 4.98 Å². The van der Waals surface area contributed by atoms with E-state index in [1.165, 1.54) is 0 Å². The highest BCUT2D eigenvalue weighted by Crippen LogP contribution is 2.25. The molecule has 7 heteroatoms. The Labute approximate surface area is 155 Å². The van der Waals surface area contributed by atoms with Crippen molar-refractivity contribution >= 4 is 16.8 Å². The van der Waals surface area contributed by atoms with Gasteiger partial charge < -0.3 is 9.84 Å². The largest absolute Gasteiger partial charge is 0.340 e. The Balaban J connectivity index is 1.74. The topological polar surface area (TPSA) is 93.8 Å². The summed E-state index contributed by atoms with van der Waals surface area (Å²) in [5.41, 5.74) is 2.89. The summed E-state index contributed by atoms with van der Waals surface area (Å²) >= 11 is 0. The molecular formula is C20H17N5O2. The summed E-state index contributed by atoms with van der Waals surface area (Å²) < 4.78 is 5.15. The molecule has 0 saturated heterocycles. The molecular weight excluding hydrogens is 342 g/mol. The minimum absolute atomic E-state index is 0.229. The number of fused-ring (bicyclic) bond motifs is 1. The molecule has 0 aliphatic rings. The maximum atomic E-state index is 13.0. The molecule has 4 rings (SSSR count). The van der Waals surface area contributed by atoms with Crippen molar-refractivity contribution < 1.29 is 9.32 Å². The lowest BCUT2D eigenvalue weighted by molar-refractivity contribution is 0.0934. The quantitative estimate of drug-likeness (QED) is 0.599. The number of nitrogens with one attached hydrogen (secondary N) is 1. The van der Waals surface area contributed by atoms with E-state index in [1.54, 1.807) is 32.3 Å². The molecule has 0 aliphatic carbocycles. The fourth-order valence-electron chi connectivity index (χ4n) is 2.86. The zero-order valence-corrected chi connectivity index (χ0v) is 14.9. The molecule has 0 bridgehead atoms. The van der Waals surface area contributed by atoms with E-state index in [9.17, 15) is 4.79 Å². The second-order valence-corrected chi connectivity index (χ2v) is 6.18. The number of rotatable bonds is 4. The lowest BCUT2D eigenvalue weighted by atomic mass is 10.0. The third-order valence-electron chi connectivity index (χ3n) is 4.20. The van der Waals surface area contributed by atoms with Crippen molar-refractivity contribution in [2.45, 2.75) is 19.9 Å². The Morgan fingerprint density at radius 2 is 1.89 bits per heavy atom. The highest BCUT2D eigenvalue weighted by Gasteiger charge is 2.19. The summed E-state index contributed by atoms with van der Waals surface area (Å²) in [5.74, 6) is 0.668. The van der Waals surface area contributed by atoms with E-state index in [2.05, 4.69) is 25.4 Å². The van der Waals surface area contributed by atoms with Gasteiger partial charge in [0.25, 0.3) is 5.91 Å². The molecule has 0 radical (unpaired) electrons. The third kappa shape index (κ3) is 3.39. The molecule has 3 heterocycles. The van der Waals surface area contributed by atoms with E-state index in [-0.39, 0.29) is 5.91 Å². The molecule has 3 aromatic heterocycles. The average molecular weight is 359 g/mol. The van der Waals surface area contributed by atoms with E-state index in [0.717, 1.165) is 16.5 Å². The van der Waals surface area contributed by atoms with Gasteiger partial charge in [0.2, 0.25) is 5.89 Å². The smallest absolute Gasteiger partial charge is 0.252 e. The molecule has 134 valence electrons. The van der Waals surface area contributed by atoms with Crippen LogP contribution in [0.5, 0.6) is 0 Å². The van der Waals surface area contributed by atoms with Gasteiger partial charge in [-0.1, -0.05) is 23.4 Å². The van der Waals surface area contributed by atoms with Crippen LogP contribution in [0.4, 0.5) is 0 Å². The van der Waals surface area contributed by atoms with Gasteiger partial charge in [0, 0.05) is 23.3 Å². The van der Waals surface area contributed by atoms with Crippen LogP contribution < -0.4 is 5.32 Å². The number of carbonyl (C=O) groups excluding carboxylic acids is 1. The van der Waals surface area contributed by atoms with Gasteiger partial charge in [-0.3, -0.25) is 9.78 Å². The number of aryl methyl sites for hydroxylation is 1. The van der Waals surface area contributed by atoms with Gasteiger partial charge in [0.1, 0.15) is 6.04 Å². The number of nitrogens with zero attached hydrogens (tertiary/aromatic N) is 4. The van der Waals surface area contributed by atoms with Crippen molar-refractivity contribution in [2.24, 2.45) is 0 Å². The number of pyridine rings is 2. The molecule has 1 amide bonds. The molecule has 0 spiro atoms. The Hall–Kier alpha value is -3.61. The Morgan fingerprint density at radius 1 is 1.11 bits per heavy atom. The molecule has 1 atom stereocenters. The van der Waals surface area contributed by atoms with E-state index < -0.39 is 6.04 Å². The van der Waals surface area contributed by atoms with Gasteiger partial charge >= 0.3 is 0 Å². The van der Waals surface area contributed by atoms with Gasteiger partial charge in [-0.15, -0.1) is 0 Å². The normalized spacial score (nSPS) is 12.1. The molecule has 1 N–H and O–H groups in total. The molecule has 27 heavy (non-hydrogen) atoms. The van der Waals surface area contributed by atoms with Crippen LogP contribution in [0.25, 0.3) is 22.2 Å². The van der Waals surface area contributed by atoms with Crippen molar-refractivity contribution in [3.8, 4) is 11.3 Å². The monoisotopic (exact) mass is 359 g/mol. The van der Waals surface area contributed by atoms with Crippen molar-refractivity contribution in [3.05, 3.63) is 72.1 Å². The number of aromatic nitrogens is 4. The van der Waals surface area contributed by atoms with E-state index in [4.69, 9.17) is 4.52 Å². The van der Waals surface area contributed by atoms with Crippen LogP contribution in [0.15, 0.2) is 59.4 Å². The van der Waals surface area contributed by atoms with Crippen LogP contribution in [-0.4, -0.2) is 26.0 Å². The van der Waals surface area contributed by atoms with Crippen LogP contribution in [-0.2, 0) is 0 Å². The minimum atomic E-state index is -0.407. The standard InChI is InChI=1S/C20H17N5O2/c1-12(20-23-13(2)25-27-20)22-19(26)16-11-18(14-7-9-21-10-8-14)24-17-6-4-3-5-15(16)17/h3-12H,1-2H3,(H,22,26). The summed E-state index contributed by atoms with van der Waals surface area (Å²) in [6.07, 6.45) is 3.40. The van der Waals surface area contributed by atoms with Crippen LogP contribution in [0, 0.1) is 6.92 Å². The first-order valence-corrected chi connectivity index (χ1v) is 8.53. The van der Waals surface area contributed by atoms with Gasteiger partial charge in [-0.25, -0.2) is 4.98 Å². The summed E-state index contributed by atoms with van der Waals surface area (Å²) in [5, 5.41) is 7.47. The van der Waals surface area contributed by atoms with Crippen LogP contribution >= 0.6 is 0 Å². The Morgan fingerprint density at radius 3 is 2.63 bits per heavy atom. The number of amides is 1. The lowest BCUT2D eigenvalue weighted by Crippen LogP contribution is -2.27. The predicted molar refractivity (Wildman–Crippen MR) is 99.9 cm³/mol. The average Bonchev–Trinajstić information content (AvgIpc) is 3.14. The summed E-state index contributed by atoms with van der Waals surface area (Å²) in [7, 11) is 0. The number of benzene rings is 1. The maximum absolute atomic E-state index is 13.0. The maximum Gasteiger partial charge on any atom is 0.252 e. The fraction of sp³-hybridized carbons (Fsp3) is 0.150. The lowest BCUT2D eigenvalue weighted by Gasteiger charge is -2.13. The molecule has 0 fully saturated rings. The molecule has 4 aromatic rings. The first kappa shape index (κ1) is 16.8. The fourth-order valence-corrected chi connectivity index (χ4v) is 2.86. The van der Waals surface area contributed by atoms with E-state index in [0.29, 0.717) is 23.0 Å². The van der Waals surface area contributed by atoms with Crippen LogP contribution in [0.3, 0.4) is 0 Å². The van der Waals surface area contributed by atoms with Crippen molar-refractivity contribution in [1.82, 2.24) is 25.4 Å². The van der Waals surface area contributed by atoms with E-state index in [1.807, 2.05) is 36.4 Å². The second kappa shape index (κ2) is 6.95. The van der Waals surface area contributed by atoms with E-state index >= 15 is 0 Å². The molecule has 0 aliphatic heterocycles. The van der Waals surface area contributed by atoms with Gasteiger partial charge in [0.05, 0.1) is 16.8 Å². The molecule has 1 aromatic carbocycles. The van der Waals surface area contributed by atoms with Crippen LogP contribution in [0.2, 0.25) is 0 Å². The van der Waals surface area contributed by atoms with Crippen molar-refractivity contribution in [3.63, 3.8) is 0 Å². The van der Waals surface area contributed by atoms with Crippen molar-refractivity contribution in [1.29, 1.82) is 0 Å². The third-order valence-corrected chi connectivity index (χ3v) is 4.20. The zero-order valence-electron chi connectivity index (χ0n) is 14.9. The zero-order chi connectivity index (χ0) is 18.8. The Bertz CT molecular complexity index is 1110. The minimum Gasteiger partial charge on any atom is -0.340 e. The molecule has 7 nitrogen and oxygen atoms in total. The number of hydrogen-bond donors (Lipinski definition) is 1. The second-order valence-electron chi connectivity index (χ2n) is 6.18. The van der Waals surface area contributed by atoms with Gasteiger partial charge in [0.15, 0.2) is 5.82 Å². The predicted octanol–water partition coefficient (Wildman–Crippen LogP) is 3.48. The summed E-state index contributed by atoms with van der Waals surface area (Å²) in [6, 6.07) is 12.7. The van der Waals surface area contributed by atoms with Crippen LogP contribution in [0.1, 0.15) is 35.0 Å². The van der Waals surface area contributed by atoms with Gasteiger partial charge in [-0.05, 0) is 38.1 Å². The molecule has 1 unspecified atom stereocenters. The first-order valence-electron chi connectivity index (χ1n) is 8.53. The highest BCUT2D eigenvalue weighted by molar-refractivity contribution is 6.07. The number of para-hydroxylation sites is 1. The Kier molecular flexibility index (Phi) is 4.33. The van der Waals surface area contributed by atoms with Crippen molar-refractivity contribution in [2.75, 3.05) is 0 Å².